The summed E-state index contributed by atoms with van der Waals surface area (Å²) in [5, 5.41) is 0. The fourth-order valence-corrected chi connectivity index (χ4v) is 5.37. The molecule has 0 saturated heterocycles. The van der Waals surface area contributed by atoms with E-state index in [0.29, 0.717) is 6.79 Å². The monoisotopic (exact) mass is 432 g/mol. The lowest BCUT2D eigenvalue weighted by Crippen LogP contribution is -2.13. The van der Waals surface area contributed by atoms with Crippen LogP contribution in [0.1, 0.15) is 106 Å². The number of hydrogen-bond donors (Lipinski definition) is 0. The van der Waals surface area contributed by atoms with Crippen LogP contribution in [0.2, 0.25) is 0 Å². The second-order valence-electron chi connectivity index (χ2n) is 10.3. The zero-order valence-corrected chi connectivity index (χ0v) is 21.6. The smallest absolute Gasteiger partial charge is 0.146 e. The lowest BCUT2D eigenvalue weighted by atomic mass is 9.81. The average Bonchev–Trinajstić information content (AvgIpc) is 2.62. The predicted molar refractivity (Wildman–Crippen MR) is 130 cm³/mol. The maximum absolute atomic E-state index is 5.83. The molecule has 0 bridgehead atoms. The molecule has 0 amide bonds. The Morgan fingerprint density at radius 3 is 1.41 bits per heavy atom. The van der Waals surface area contributed by atoms with Crippen molar-refractivity contribution < 1.29 is 9.47 Å². The molecule has 0 rings (SSSR count). The summed E-state index contributed by atoms with van der Waals surface area (Å²) in [5.74, 6) is 5.76. The number of ether oxygens (including phenoxy) is 2. The van der Waals surface area contributed by atoms with Crippen LogP contribution in [0.25, 0.3) is 0 Å². The van der Waals surface area contributed by atoms with E-state index in [-0.39, 0.29) is 0 Å². The largest absolute Gasteiger partial charge is 0.356 e. The summed E-state index contributed by atoms with van der Waals surface area (Å²) in [7, 11) is 0. The van der Waals surface area contributed by atoms with Crippen molar-refractivity contribution in [3.05, 3.63) is 0 Å². The molecule has 0 aromatic rings. The van der Waals surface area contributed by atoms with E-state index >= 15 is 0 Å². The van der Waals surface area contributed by atoms with Gasteiger partial charge in [-0.2, -0.15) is 0 Å². The third-order valence-electron chi connectivity index (χ3n) is 6.21. The van der Waals surface area contributed by atoms with Crippen LogP contribution < -0.4 is 0 Å². The molecule has 0 aliphatic heterocycles. The van der Waals surface area contributed by atoms with E-state index in [4.69, 9.17) is 21.1 Å². The summed E-state index contributed by atoms with van der Waals surface area (Å²) in [4.78, 5) is 0. The Morgan fingerprint density at radius 1 is 0.586 bits per heavy atom. The van der Waals surface area contributed by atoms with E-state index in [1.54, 1.807) is 0 Å². The molecule has 0 aliphatic carbocycles. The van der Waals surface area contributed by atoms with Gasteiger partial charge in [-0.25, -0.2) is 0 Å². The molecule has 29 heavy (non-hydrogen) atoms. The highest BCUT2D eigenvalue weighted by atomic mass is 35.5. The van der Waals surface area contributed by atoms with Gasteiger partial charge in [-0.15, -0.1) is 11.6 Å². The van der Waals surface area contributed by atoms with Gasteiger partial charge in [-0.05, 0) is 100 Å². The first kappa shape index (κ1) is 29.2. The van der Waals surface area contributed by atoms with Gasteiger partial charge in [0.25, 0.3) is 0 Å². The van der Waals surface area contributed by atoms with Gasteiger partial charge < -0.3 is 9.47 Å². The zero-order chi connectivity index (χ0) is 22.1. The van der Waals surface area contributed by atoms with E-state index in [1.807, 2.05) is 6.92 Å². The van der Waals surface area contributed by atoms with Gasteiger partial charge in [0.2, 0.25) is 0 Å². The van der Waals surface area contributed by atoms with Gasteiger partial charge in [0.1, 0.15) is 6.79 Å². The number of halogens is 1. The molecular formula is C26H53ClO2. The van der Waals surface area contributed by atoms with E-state index in [9.17, 15) is 0 Å². The summed E-state index contributed by atoms with van der Waals surface area (Å²) >= 11 is 5.83. The average molecular weight is 433 g/mol. The summed E-state index contributed by atoms with van der Waals surface area (Å²) in [6.45, 7) is 18.6. The Labute approximate surface area is 188 Å². The van der Waals surface area contributed by atoms with E-state index < -0.39 is 0 Å². The van der Waals surface area contributed by atoms with Crippen molar-refractivity contribution in [2.75, 3.05) is 25.9 Å². The van der Waals surface area contributed by atoms with Crippen LogP contribution in [0.5, 0.6) is 0 Å². The highest BCUT2D eigenvalue weighted by Crippen LogP contribution is 2.29. The van der Waals surface area contributed by atoms with Crippen molar-refractivity contribution in [3.8, 4) is 0 Å². The molecule has 0 aromatic heterocycles. The highest BCUT2D eigenvalue weighted by molar-refractivity contribution is 6.17. The minimum absolute atomic E-state index is 0.446. The van der Waals surface area contributed by atoms with E-state index in [2.05, 4.69) is 41.5 Å². The number of hydrogen-bond acceptors (Lipinski definition) is 2. The predicted octanol–water partition coefficient (Wildman–Crippen LogP) is 8.56. The van der Waals surface area contributed by atoms with Gasteiger partial charge in [0.05, 0.1) is 0 Å². The molecule has 0 radical (unpaired) electrons. The van der Waals surface area contributed by atoms with Crippen molar-refractivity contribution in [1.29, 1.82) is 0 Å². The number of rotatable bonds is 20. The molecule has 176 valence electrons. The van der Waals surface area contributed by atoms with Crippen LogP contribution in [0.4, 0.5) is 0 Å². The standard InChI is InChI=1S/C26H53ClO2/c1-8-28-20-29-14-10-12-22(3)16-24(5)18-26(7)19-25(6)17-23(4)15-21(2)11-9-13-27/h21-26H,8-20H2,1-7H3. The maximum atomic E-state index is 5.83. The van der Waals surface area contributed by atoms with E-state index in [0.717, 1.165) is 61.0 Å². The van der Waals surface area contributed by atoms with Crippen LogP contribution in [0.3, 0.4) is 0 Å². The van der Waals surface area contributed by atoms with Crippen LogP contribution in [0, 0.1) is 35.5 Å². The molecule has 0 aliphatic rings. The summed E-state index contributed by atoms with van der Waals surface area (Å²) < 4.78 is 10.7. The third-order valence-corrected chi connectivity index (χ3v) is 6.48. The Balaban J connectivity index is 3.90. The molecule has 0 N–H and O–H groups in total. The van der Waals surface area contributed by atoms with Gasteiger partial charge in [0.15, 0.2) is 0 Å². The van der Waals surface area contributed by atoms with Crippen molar-refractivity contribution in [2.24, 2.45) is 35.5 Å². The Morgan fingerprint density at radius 2 is 1.00 bits per heavy atom. The minimum Gasteiger partial charge on any atom is -0.356 e. The van der Waals surface area contributed by atoms with Gasteiger partial charge in [-0.1, -0.05) is 41.5 Å². The second kappa shape index (κ2) is 18.9. The molecular weight excluding hydrogens is 380 g/mol. The van der Waals surface area contributed by atoms with Gasteiger partial charge >= 0.3 is 0 Å². The Kier molecular flexibility index (Phi) is 19.1. The second-order valence-corrected chi connectivity index (χ2v) is 10.7. The molecule has 6 unspecified atom stereocenters. The Hall–Kier alpha value is 0.210. The first-order valence-corrected chi connectivity index (χ1v) is 13.0. The van der Waals surface area contributed by atoms with Crippen molar-refractivity contribution in [2.45, 2.75) is 106 Å². The van der Waals surface area contributed by atoms with Crippen LogP contribution in [-0.2, 0) is 9.47 Å². The lowest BCUT2D eigenvalue weighted by molar-refractivity contribution is -0.0508. The van der Waals surface area contributed by atoms with Crippen molar-refractivity contribution >= 4 is 11.6 Å². The van der Waals surface area contributed by atoms with Crippen molar-refractivity contribution in [3.63, 3.8) is 0 Å². The highest BCUT2D eigenvalue weighted by Gasteiger charge is 2.17. The van der Waals surface area contributed by atoms with Crippen molar-refractivity contribution in [1.82, 2.24) is 0 Å². The fraction of sp³-hybridized carbons (Fsp3) is 1.00. The van der Waals surface area contributed by atoms with Gasteiger partial charge in [-0.3, -0.25) is 0 Å². The molecule has 3 heteroatoms. The molecule has 2 nitrogen and oxygen atoms in total. The topological polar surface area (TPSA) is 18.5 Å². The summed E-state index contributed by atoms with van der Waals surface area (Å²) in [5.41, 5.74) is 0. The zero-order valence-electron chi connectivity index (χ0n) is 20.9. The molecule has 0 fully saturated rings. The summed E-state index contributed by atoms with van der Waals surface area (Å²) in [6, 6.07) is 0. The van der Waals surface area contributed by atoms with Gasteiger partial charge in [0, 0.05) is 19.1 Å². The third kappa shape index (κ3) is 18.7. The fourth-order valence-electron chi connectivity index (χ4n) is 5.22. The molecule has 0 saturated carbocycles. The molecule has 0 aromatic carbocycles. The first-order chi connectivity index (χ1) is 13.8. The minimum atomic E-state index is 0.446. The summed E-state index contributed by atoms with van der Waals surface area (Å²) in [6.07, 6.45) is 11.7. The number of alkyl halides is 1. The molecule has 6 atom stereocenters. The normalized spacial score (nSPS) is 18.2. The quantitative estimate of drug-likeness (QED) is 0.109. The Bertz CT molecular complexity index is 350. The first-order valence-electron chi connectivity index (χ1n) is 12.5. The maximum Gasteiger partial charge on any atom is 0.146 e. The van der Waals surface area contributed by atoms with E-state index in [1.165, 1.54) is 51.4 Å². The van der Waals surface area contributed by atoms with Crippen LogP contribution >= 0.6 is 11.6 Å². The SMILES string of the molecule is CCOCOCCCC(C)CC(C)CC(C)CC(C)CC(C)CC(C)CCCCl. The molecule has 0 spiro atoms. The molecule has 0 heterocycles. The lowest BCUT2D eigenvalue weighted by Gasteiger charge is -2.25. The van der Waals surface area contributed by atoms with Crippen LogP contribution in [-0.4, -0.2) is 25.9 Å². The van der Waals surface area contributed by atoms with Crippen LogP contribution in [0.15, 0.2) is 0 Å².